The van der Waals surface area contributed by atoms with E-state index in [4.69, 9.17) is 10.4 Å². The first-order valence-corrected chi connectivity index (χ1v) is 4.04. The summed E-state index contributed by atoms with van der Waals surface area (Å²) in [6, 6.07) is 9.70. The summed E-state index contributed by atoms with van der Waals surface area (Å²) in [4.78, 5) is 0. The molecule has 0 aromatic heterocycles. The highest BCUT2D eigenvalue weighted by Gasteiger charge is 1.93. The maximum absolute atomic E-state index is 8.75. The van der Waals surface area contributed by atoms with E-state index < -0.39 is 0 Å². The molecule has 0 fully saturated rings. The number of aryl methyl sites for hydroxylation is 1. The largest absolute Gasteiger partial charge is 0.391 e. The van der Waals surface area contributed by atoms with E-state index in [0.29, 0.717) is 5.57 Å². The maximum atomic E-state index is 8.75. The molecule has 13 heavy (non-hydrogen) atoms. The first kappa shape index (κ1) is 9.50. The molecule has 0 heterocycles. The molecule has 0 atom stereocenters. The van der Waals surface area contributed by atoms with Gasteiger partial charge in [0.15, 0.2) is 0 Å². The lowest BCUT2D eigenvalue weighted by Gasteiger charge is -1.95. The van der Waals surface area contributed by atoms with Crippen LogP contribution in [0.1, 0.15) is 11.1 Å². The summed E-state index contributed by atoms with van der Waals surface area (Å²) in [6.07, 6.45) is 1.68. The highest BCUT2D eigenvalue weighted by Crippen LogP contribution is 2.07. The summed E-state index contributed by atoms with van der Waals surface area (Å²) in [6.45, 7) is 1.80. The summed E-state index contributed by atoms with van der Waals surface area (Å²) in [7, 11) is 0. The Labute approximate surface area is 77.8 Å². The summed E-state index contributed by atoms with van der Waals surface area (Å²) in [5, 5.41) is 17.3. The van der Waals surface area contributed by atoms with Gasteiger partial charge in [0.2, 0.25) is 0 Å². The second-order valence-electron chi connectivity index (χ2n) is 2.85. The van der Waals surface area contributed by atoms with Gasteiger partial charge in [0.25, 0.3) is 0 Å². The first-order valence-electron chi connectivity index (χ1n) is 4.04. The molecule has 1 rings (SSSR count). The van der Waals surface area contributed by atoms with Gasteiger partial charge < -0.3 is 5.11 Å². The van der Waals surface area contributed by atoms with Crippen molar-refractivity contribution in [3.63, 3.8) is 0 Å². The van der Waals surface area contributed by atoms with Crippen molar-refractivity contribution in [1.29, 1.82) is 5.26 Å². The van der Waals surface area contributed by atoms with E-state index in [1.807, 2.05) is 37.3 Å². The van der Waals surface area contributed by atoms with Crippen LogP contribution < -0.4 is 0 Å². The minimum Gasteiger partial charge on any atom is -0.391 e. The number of nitrogens with zero attached hydrogens (tertiary/aromatic N) is 1. The second kappa shape index (κ2) is 4.44. The van der Waals surface area contributed by atoms with Crippen molar-refractivity contribution in [2.75, 3.05) is 6.61 Å². The van der Waals surface area contributed by atoms with Crippen molar-refractivity contribution >= 4 is 6.08 Å². The zero-order valence-corrected chi connectivity index (χ0v) is 7.49. The summed E-state index contributed by atoms with van der Waals surface area (Å²) in [5.41, 5.74) is 2.50. The summed E-state index contributed by atoms with van der Waals surface area (Å²) < 4.78 is 0. The molecular formula is C11H11NO. The molecule has 2 nitrogen and oxygen atoms in total. The maximum Gasteiger partial charge on any atom is 0.0971 e. The van der Waals surface area contributed by atoms with Gasteiger partial charge in [-0.2, -0.15) is 5.26 Å². The zero-order valence-electron chi connectivity index (χ0n) is 7.49. The predicted octanol–water partition coefficient (Wildman–Crippen LogP) is 1.89. The lowest BCUT2D eigenvalue weighted by molar-refractivity contribution is 0.337. The number of benzene rings is 1. The number of rotatable bonds is 2. The average molecular weight is 173 g/mol. The van der Waals surface area contributed by atoms with Crippen LogP contribution in [-0.2, 0) is 0 Å². The van der Waals surface area contributed by atoms with Gasteiger partial charge in [-0.3, -0.25) is 0 Å². The van der Waals surface area contributed by atoms with Gasteiger partial charge in [0.05, 0.1) is 18.2 Å². The standard InChI is InChI=1S/C11H11NO/c1-9-2-4-10(5-3-9)6-11(7-12)8-13/h2-6,13H,8H2,1H3/b11-6+. The lowest BCUT2D eigenvalue weighted by atomic mass is 10.1. The van der Waals surface area contributed by atoms with E-state index in [-0.39, 0.29) is 6.61 Å². The Morgan fingerprint density at radius 2 is 2.08 bits per heavy atom. The van der Waals surface area contributed by atoms with Crippen molar-refractivity contribution in [2.24, 2.45) is 0 Å². The van der Waals surface area contributed by atoms with Crippen molar-refractivity contribution < 1.29 is 5.11 Å². The monoisotopic (exact) mass is 173 g/mol. The topological polar surface area (TPSA) is 44.0 Å². The molecule has 1 N–H and O–H groups in total. The Morgan fingerprint density at radius 1 is 1.46 bits per heavy atom. The molecular weight excluding hydrogens is 162 g/mol. The molecule has 0 unspecified atom stereocenters. The Hall–Kier alpha value is -1.59. The Balaban J connectivity index is 2.92. The van der Waals surface area contributed by atoms with Crippen LogP contribution >= 0.6 is 0 Å². The predicted molar refractivity (Wildman–Crippen MR) is 51.9 cm³/mol. The molecule has 0 radical (unpaired) electrons. The minimum atomic E-state index is -0.204. The van der Waals surface area contributed by atoms with Crippen molar-refractivity contribution in [1.82, 2.24) is 0 Å². The number of nitriles is 1. The quantitative estimate of drug-likeness (QED) is 0.694. The smallest absolute Gasteiger partial charge is 0.0971 e. The van der Waals surface area contributed by atoms with Crippen LogP contribution in [0.5, 0.6) is 0 Å². The Kier molecular flexibility index (Phi) is 3.24. The van der Waals surface area contributed by atoms with Crippen LogP contribution in [0.4, 0.5) is 0 Å². The molecule has 0 aliphatic heterocycles. The molecule has 0 aliphatic carbocycles. The van der Waals surface area contributed by atoms with Gasteiger partial charge in [0, 0.05) is 0 Å². The average Bonchev–Trinajstić information content (AvgIpc) is 2.17. The number of hydrogen-bond acceptors (Lipinski definition) is 2. The van der Waals surface area contributed by atoms with E-state index in [2.05, 4.69) is 0 Å². The van der Waals surface area contributed by atoms with Gasteiger partial charge in [-0.1, -0.05) is 29.8 Å². The van der Waals surface area contributed by atoms with Crippen molar-refractivity contribution in [2.45, 2.75) is 6.92 Å². The van der Waals surface area contributed by atoms with Crippen LogP contribution in [0, 0.1) is 18.3 Å². The third-order valence-corrected chi connectivity index (χ3v) is 1.73. The molecule has 0 amide bonds. The molecule has 0 saturated heterocycles. The van der Waals surface area contributed by atoms with Gasteiger partial charge >= 0.3 is 0 Å². The number of hydrogen-bond donors (Lipinski definition) is 1. The molecule has 2 heteroatoms. The molecule has 0 bridgehead atoms. The van der Waals surface area contributed by atoms with E-state index in [1.165, 1.54) is 5.56 Å². The fourth-order valence-electron chi connectivity index (χ4n) is 0.977. The van der Waals surface area contributed by atoms with E-state index in [1.54, 1.807) is 6.08 Å². The highest BCUT2D eigenvalue weighted by atomic mass is 16.3. The fraction of sp³-hybridized carbons (Fsp3) is 0.182. The third-order valence-electron chi connectivity index (χ3n) is 1.73. The van der Waals surface area contributed by atoms with Crippen LogP contribution in [-0.4, -0.2) is 11.7 Å². The molecule has 1 aromatic rings. The molecule has 1 aromatic carbocycles. The Morgan fingerprint density at radius 3 is 2.54 bits per heavy atom. The van der Waals surface area contributed by atoms with Gasteiger partial charge in [-0.25, -0.2) is 0 Å². The SMILES string of the molecule is Cc1ccc(/C=C(\C#N)CO)cc1. The number of aliphatic hydroxyl groups is 1. The van der Waals surface area contributed by atoms with Crippen LogP contribution in [0.3, 0.4) is 0 Å². The summed E-state index contributed by atoms with van der Waals surface area (Å²) in [5.74, 6) is 0. The molecule has 0 spiro atoms. The van der Waals surface area contributed by atoms with Gasteiger partial charge in [0.1, 0.15) is 0 Å². The lowest BCUT2D eigenvalue weighted by Crippen LogP contribution is -1.85. The van der Waals surface area contributed by atoms with E-state index in [0.717, 1.165) is 5.56 Å². The van der Waals surface area contributed by atoms with Gasteiger partial charge in [-0.05, 0) is 18.6 Å². The highest BCUT2D eigenvalue weighted by molar-refractivity contribution is 5.57. The zero-order chi connectivity index (χ0) is 9.68. The minimum absolute atomic E-state index is 0.204. The van der Waals surface area contributed by atoms with E-state index >= 15 is 0 Å². The molecule has 0 aliphatic rings. The van der Waals surface area contributed by atoms with Crippen molar-refractivity contribution in [3.8, 4) is 6.07 Å². The second-order valence-corrected chi connectivity index (χ2v) is 2.85. The summed E-state index contributed by atoms with van der Waals surface area (Å²) >= 11 is 0. The number of aliphatic hydroxyl groups excluding tert-OH is 1. The molecule has 66 valence electrons. The molecule has 0 saturated carbocycles. The first-order chi connectivity index (χ1) is 6.26. The normalized spacial score (nSPS) is 11.0. The Bertz CT molecular complexity index is 343. The van der Waals surface area contributed by atoms with E-state index in [9.17, 15) is 0 Å². The van der Waals surface area contributed by atoms with Gasteiger partial charge in [-0.15, -0.1) is 0 Å². The van der Waals surface area contributed by atoms with Crippen LogP contribution in [0.15, 0.2) is 29.8 Å². The van der Waals surface area contributed by atoms with Crippen molar-refractivity contribution in [3.05, 3.63) is 41.0 Å². The third kappa shape index (κ3) is 2.73. The van der Waals surface area contributed by atoms with Crippen LogP contribution in [0.25, 0.3) is 6.08 Å². The fourth-order valence-corrected chi connectivity index (χ4v) is 0.977. The van der Waals surface area contributed by atoms with Crippen LogP contribution in [0.2, 0.25) is 0 Å².